The highest BCUT2D eigenvalue weighted by atomic mass is 35.5. The number of ether oxygens (including phenoxy) is 4. The minimum absolute atomic E-state index is 0.0324. The summed E-state index contributed by atoms with van der Waals surface area (Å²) in [6, 6.07) is 7.08. The van der Waals surface area contributed by atoms with E-state index in [1.54, 1.807) is 0 Å². The highest BCUT2D eigenvalue weighted by Gasteiger charge is 2.72. The Morgan fingerprint density at radius 1 is 0.974 bits per heavy atom. The molecule has 2 fully saturated rings. The van der Waals surface area contributed by atoms with Crippen LogP contribution >= 0.6 is 11.6 Å². The van der Waals surface area contributed by atoms with E-state index in [4.69, 9.17) is 30.5 Å². The number of hydrogen-bond donors (Lipinski definition) is 0. The van der Waals surface area contributed by atoms with Crippen LogP contribution in [0.5, 0.6) is 5.75 Å². The second-order valence-electron chi connectivity index (χ2n) is 10.3. The minimum atomic E-state index is -4.57. The van der Waals surface area contributed by atoms with Gasteiger partial charge in [-0.3, -0.25) is 0 Å². The first-order valence-electron chi connectivity index (χ1n) is 12.5. The van der Waals surface area contributed by atoms with Gasteiger partial charge in [0.05, 0.1) is 41.3 Å². The average Bonchev–Trinajstić information content (AvgIpc) is 3.33. The number of benzene rings is 2. The number of rotatable bonds is 7. The van der Waals surface area contributed by atoms with E-state index in [2.05, 4.69) is 0 Å². The molecule has 0 N–H and O–H groups in total. The normalized spacial score (nSPS) is 26.3. The van der Waals surface area contributed by atoms with Crippen LogP contribution in [0.2, 0.25) is 5.02 Å². The van der Waals surface area contributed by atoms with Gasteiger partial charge in [-0.2, -0.15) is 0 Å². The molecule has 1 saturated carbocycles. The molecule has 8 nitrogen and oxygen atoms in total. The van der Waals surface area contributed by atoms with Gasteiger partial charge < -0.3 is 18.9 Å². The molecular weight excluding hydrogens is 578 g/mol. The Labute approximate surface area is 231 Å². The molecule has 39 heavy (non-hydrogen) atoms. The van der Waals surface area contributed by atoms with E-state index < -0.39 is 83.0 Å². The maximum Gasteiger partial charge on any atom is 0.191 e. The lowest BCUT2D eigenvalue weighted by molar-refractivity contribution is -0.249. The predicted octanol–water partition coefficient (Wildman–Crippen LogP) is 4.19. The molecule has 0 unspecified atom stereocenters. The Morgan fingerprint density at radius 3 is 2.26 bits per heavy atom. The molecule has 13 heteroatoms. The zero-order valence-electron chi connectivity index (χ0n) is 21.4. The molecular formula is C26H29ClF2O8S2. The van der Waals surface area contributed by atoms with Crippen molar-refractivity contribution in [2.24, 2.45) is 0 Å². The Kier molecular flexibility index (Phi) is 7.29. The van der Waals surface area contributed by atoms with E-state index >= 15 is 8.78 Å². The van der Waals surface area contributed by atoms with Crippen LogP contribution in [-0.2, 0) is 38.6 Å². The van der Waals surface area contributed by atoms with Crippen molar-refractivity contribution in [3.63, 3.8) is 0 Å². The second-order valence-corrected chi connectivity index (χ2v) is 15.6. The SMILES string of the molecule is CC(C)S(=O)(=O)CCO[C@@]12COc3c(F)ccc(F)c3[C@]1(S(=O)(=O)c1ccc(Cl)cc1)CCC1(C2)OCCO1. The maximum atomic E-state index is 15.8. The molecule has 2 aromatic carbocycles. The first-order chi connectivity index (χ1) is 18.3. The van der Waals surface area contributed by atoms with Gasteiger partial charge in [0.1, 0.15) is 22.8 Å². The Bertz CT molecular complexity index is 1470. The summed E-state index contributed by atoms with van der Waals surface area (Å²) in [5.74, 6) is -4.12. The van der Waals surface area contributed by atoms with Crippen molar-refractivity contribution in [1.29, 1.82) is 0 Å². The molecule has 0 radical (unpaired) electrons. The van der Waals surface area contributed by atoms with Gasteiger partial charge in [0.15, 0.2) is 37.0 Å². The topological polar surface area (TPSA) is 105 Å². The van der Waals surface area contributed by atoms with Crippen LogP contribution in [0.1, 0.15) is 38.7 Å². The van der Waals surface area contributed by atoms with Gasteiger partial charge in [-0.25, -0.2) is 25.6 Å². The van der Waals surface area contributed by atoms with Crippen molar-refractivity contribution in [3.05, 3.63) is 58.6 Å². The summed E-state index contributed by atoms with van der Waals surface area (Å²) < 4.78 is 107. The van der Waals surface area contributed by atoms with Crippen molar-refractivity contribution in [1.82, 2.24) is 0 Å². The molecule has 2 atom stereocenters. The monoisotopic (exact) mass is 606 g/mol. The third-order valence-electron chi connectivity index (χ3n) is 7.92. The highest BCUT2D eigenvalue weighted by molar-refractivity contribution is 7.92. The molecule has 1 saturated heterocycles. The molecule has 0 amide bonds. The van der Waals surface area contributed by atoms with Crippen LogP contribution in [0.3, 0.4) is 0 Å². The number of sulfone groups is 2. The first kappa shape index (κ1) is 28.7. The smallest absolute Gasteiger partial charge is 0.191 e. The summed E-state index contributed by atoms with van der Waals surface area (Å²) in [4.78, 5) is -0.185. The van der Waals surface area contributed by atoms with Crippen LogP contribution in [0.15, 0.2) is 41.3 Å². The lowest BCUT2D eigenvalue weighted by Crippen LogP contribution is -2.69. The van der Waals surface area contributed by atoms with Gasteiger partial charge in [-0.15, -0.1) is 0 Å². The Hall–Kier alpha value is -1.83. The van der Waals surface area contributed by atoms with Crippen molar-refractivity contribution >= 4 is 31.3 Å². The summed E-state index contributed by atoms with van der Waals surface area (Å²) in [5.41, 5.74) is -2.40. The van der Waals surface area contributed by atoms with Crippen molar-refractivity contribution in [3.8, 4) is 5.75 Å². The largest absolute Gasteiger partial charge is 0.487 e. The lowest BCUT2D eigenvalue weighted by atomic mass is 9.67. The molecule has 2 heterocycles. The third kappa shape index (κ3) is 4.47. The van der Waals surface area contributed by atoms with E-state index in [1.165, 1.54) is 38.1 Å². The van der Waals surface area contributed by atoms with E-state index in [0.29, 0.717) is 0 Å². The molecule has 1 spiro atoms. The summed E-state index contributed by atoms with van der Waals surface area (Å²) in [6.45, 7) is 2.62. The summed E-state index contributed by atoms with van der Waals surface area (Å²) in [5, 5.41) is -0.414. The first-order valence-corrected chi connectivity index (χ1v) is 16.1. The average molecular weight is 607 g/mol. The van der Waals surface area contributed by atoms with Crippen molar-refractivity contribution in [2.45, 2.75) is 59.4 Å². The second kappa shape index (κ2) is 9.92. The van der Waals surface area contributed by atoms with Crippen LogP contribution < -0.4 is 4.74 Å². The Balaban J connectivity index is 1.75. The number of fused-ring (bicyclic) bond motifs is 3. The third-order valence-corrected chi connectivity index (χ3v) is 12.9. The zero-order valence-corrected chi connectivity index (χ0v) is 23.8. The van der Waals surface area contributed by atoms with Crippen LogP contribution in [-0.4, -0.2) is 65.7 Å². The number of hydrogen-bond acceptors (Lipinski definition) is 8. The summed E-state index contributed by atoms with van der Waals surface area (Å²) in [7, 11) is -8.15. The molecule has 0 bridgehead atoms. The van der Waals surface area contributed by atoms with E-state index in [0.717, 1.165) is 12.1 Å². The van der Waals surface area contributed by atoms with E-state index in [9.17, 15) is 16.8 Å². The van der Waals surface area contributed by atoms with E-state index in [1.807, 2.05) is 0 Å². The standard InChI is InChI=1S/C26H29ClF2O8S2/c1-17(2)38(30,31)14-13-35-24-15-25(36-11-12-37-25)9-10-26(24,39(32,33)19-5-3-18(27)4-6-19)22-20(28)7-8-21(29)23(22)34-16-24/h3-8,17H,9-16H2,1-2H3/t24-,26+/m0/s1. The lowest BCUT2D eigenvalue weighted by Gasteiger charge is -2.57. The predicted molar refractivity (Wildman–Crippen MR) is 138 cm³/mol. The fourth-order valence-electron chi connectivity index (χ4n) is 5.89. The fourth-order valence-corrected chi connectivity index (χ4v) is 9.21. The van der Waals surface area contributed by atoms with Crippen molar-refractivity contribution in [2.75, 3.05) is 32.2 Å². The summed E-state index contributed by atoms with van der Waals surface area (Å²) >= 11 is 6.02. The van der Waals surface area contributed by atoms with E-state index in [-0.39, 0.29) is 42.4 Å². The minimum Gasteiger partial charge on any atom is -0.487 e. The van der Waals surface area contributed by atoms with Gasteiger partial charge in [0, 0.05) is 17.9 Å². The summed E-state index contributed by atoms with van der Waals surface area (Å²) in [6.07, 6.45) is -0.458. The molecule has 214 valence electrons. The molecule has 2 aromatic rings. The molecule has 1 aliphatic carbocycles. The van der Waals surface area contributed by atoms with Gasteiger partial charge in [0.25, 0.3) is 0 Å². The quantitative estimate of drug-likeness (QED) is 0.462. The zero-order chi connectivity index (χ0) is 28.3. The molecule has 3 aliphatic rings. The van der Waals surface area contributed by atoms with Gasteiger partial charge in [0.2, 0.25) is 0 Å². The van der Waals surface area contributed by atoms with Gasteiger partial charge in [-0.1, -0.05) is 11.6 Å². The highest BCUT2D eigenvalue weighted by Crippen LogP contribution is 2.62. The molecule has 2 aliphatic heterocycles. The van der Waals surface area contributed by atoms with Gasteiger partial charge >= 0.3 is 0 Å². The Morgan fingerprint density at radius 2 is 1.62 bits per heavy atom. The van der Waals surface area contributed by atoms with Crippen LogP contribution in [0.25, 0.3) is 0 Å². The van der Waals surface area contributed by atoms with Crippen LogP contribution in [0, 0.1) is 11.6 Å². The van der Waals surface area contributed by atoms with Crippen molar-refractivity contribution < 1.29 is 44.6 Å². The van der Waals surface area contributed by atoms with Crippen LogP contribution in [0.4, 0.5) is 8.78 Å². The maximum absolute atomic E-state index is 15.8. The van der Waals surface area contributed by atoms with Gasteiger partial charge in [-0.05, 0) is 56.7 Å². The molecule has 0 aromatic heterocycles. The fraction of sp³-hybridized carbons (Fsp3) is 0.538. The number of halogens is 3. The molecule has 5 rings (SSSR count).